The molecule has 9 heteroatoms. The van der Waals surface area contributed by atoms with E-state index in [2.05, 4.69) is 15.3 Å². The Bertz CT molecular complexity index is 1150. The third-order valence-corrected chi connectivity index (χ3v) is 6.89. The summed E-state index contributed by atoms with van der Waals surface area (Å²) in [5.74, 6) is -0.280. The first-order valence-corrected chi connectivity index (χ1v) is 11.3. The number of nitrogens with one attached hydrogen (secondary N) is 1. The number of pyridine rings is 2. The molecule has 1 fully saturated rings. The molecule has 1 amide bonds. The third kappa shape index (κ3) is 4.96. The van der Waals surface area contributed by atoms with Gasteiger partial charge in [-0.2, -0.15) is 4.31 Å². The lowest BCUT2D eigenvalue weighted by atomic mass is 10.1. The van der Waals surface area contributed by atoms with Crippen molar-refractivity contribution >= 4 is 15.9 Å². The fourth-order valence-corrected chi connectivity index (χ4v) is 4.67. The molecule has 4 rings (SSSR count). The number of carbonyl (C=O) groups is 1. The Morgan fingerprint density at radius 1 is 1.00 bits per heavy atom. The predicted molar refractivity (Wildman–Crippen MR) is 115 cm³/mol. The summed E-state index contributed by atoms with van der Waals surface area (Å²) in [6.07, 6.45) is 5.10. The van der Waals surface area contributed by atoms with Gasteiger partial charge in [0.25, 0.3) is 5.91 Å². The molecule has 0 spiro atoms. The minimum absolute atomic E-state index is 0.169. The van der Waals surface area contributed by atoms with E-state index in [0.717, 1.165) is 16.8 Å². The highest BCUT2D eigenvalue weighted by Crippen LogP contribution is 2.19. The van der Waals surface area contributed by atoms with Crippen molar-refractivity contribution in [3.63, 3.8) is 0 Å². The van der Waals surface area contributed by atoms with E-state index >= 15 is 0 Å². The largest absolute Gasteiger partial charge is 0.379 e. The molecule has 0 saturated carbocycles. The van der Waals surface area contributed by atoms with Crippen LogP contribution in [0.1, 0.15) is 15.9 Å². The monoisotopic (exact) mass is 438 g/mol. The molecule has 160 valence electrons. The molecule has 1 aliphatic rings. The van der Waals surface area contributed by atoms with Crippen molar-refractivity contribution in [2.45, 2.75) is 11.4 Å². The van der Waals surface area contributed by atoms with Gasteiger partial charge in [-0.05, 0) is 54.1 Å². The second-order valence-electron chi connectivity index (χ2n) is 7.01. The number of rotatable bonds is 6. The van der Waals surface area contributed by atoms with E-state index in [0.29, 0.717) is 38.4 Å². The lowest BCUT2D eigenvalue weighted by Crippen LogP contribution is -2.40. The number of benzene rings is 1. The van der Waals surface area contributed by atoms with Crippen molar-refractivity contribution in [1.29, 1.82) is 0 Å². The molecule has 1 aliphatic heterocycles. The number of sulfonamides is 1. The van der Waals surface area contributed by atoms with Crippen LogP contribution in [0.15, 0.2) is 72.0 Å². The Kier molecular flexibility index (Phi) is 6.36. The molecule has 2 aromatic heterocycles. The first kappa shape index (κ1) is 21.1. The number of nitrogens with zero attached hydrogens (tertiary/aromatic N) is 3. The quantitative estimate of drug-likeness (QED) is 0.632. The maximum absolute atomic E-state index is 12.7. The highest BCUT2D eigenvalue weighted by Gasteiger charge is 2.26. The lowest BCUT2D eigenvalue weighted by molar-refractivity contribution is 0.0730. The van der Waals surface area contributed by atoms with Crippen molar-refractivity contribution < 1.29 is 17.9 Å². The van der Waals surface area contributed by atoms with Gasteiger partial charge in [0.15, 0.2) is 0 Å². The fourth-order valence-electron chi connectivity index (χ4n) is 3.26. The van der Waals surface area contributed by atoms with Crippen LogP contribution in [-0.4, -0.2) is 54.9 Å². The van der Waals surface area contributed by atoms with Crippen LogP contribution in [0.2, 0.25) is 0 Å². The fraction of sp³-hybridized carbons (Fsp3) is 0.227. The van der Waals surface area contributed by atoms with Gasteiger partial charge in [0.2, 0.25) is 10.0 Å². The van der Waals surface area contributed by atoms with Gasteiger partial charge >= 0.3 is 0 Å². The molecule has 0 atom stereocenters. The molecule has 0 radical (unpaired) electrons. The topological polar surface area (TPSA) is 101 Å². The Labute approximate surface area is 181 Å². The summed E-state index contributed by atoms with van der Waals surface area (Å²) in [4.78, 5) is 21.1. The molecule has 0 unspecified atom stereocenters. The van der Waals surface area contributed by atoms with Crippen molar-refractivity contribution in [2.24, 2.45) is 0 Å². The van der Waals surface area contributed by atoms with Crippen LogP contribution in [-0.2, 0) is 21.3 Å². The standard InChI is InChI=1S/C22H22N4O4S/c27-22(25-16-17-5-10-24-21(15-17)18-6-8-23-9-7-18)19-1-3-20(4-2-19)31(28,29)26-11-13-30-14-12-26/h1-10,15H,11-14,16H2,(H,25,27). The summed E-state index contributed by atoms with van der Waals surface area (Å²) >= 11 is 0. The van der Waals surface area contributed by atoms with Crippen LogP contribution in [0, 0.1) is 0 Å². The maximum Gasteiger partial charge on any atom is 0.251 e. The first-order valence-electron chi connectivity index (χ1n) is 9.85. The number of hydrogen-bond acceptors (Lipinski definition) is 6. The van der Waals surface area contributed by atoms with Gasteiger partial charge in [-0.3, -0.25) is 14.8 Å². The van der Waals surface area contributed by atoms with Gasteiger partial charge in [0.1, 0.15) is 0 Å². The summed E-state index contributed by atoms with van der Waals surface area (Å²) in [6.45, 7) is 1.76. The molecule has 3 heterocycles. The zero-order chi connectivity index (χ0) is 21.7. The zero-order valence-electron chi connectivity index (χ0n) is 16.8. The number of morpholine rings is 1. The summed E-state index contributed by atoms with van der Waals surface area (Å²) in [5, 5.41) is 2.86. The molecule has 0 aliphatic carbocycles. The van der Waals surface area contributed by atoms with E-state index in [1.165, 1.54) is 28.6 Å². The van der Waals surface area contributed by atoms with Crippen LogP contribution in [0.25, 0.3) is 11.3 Å². The SMILES string of the molecule is O=C(NCc1ccnc(-c2ccncc2)c1)c1ccc(S(=O)(=O)N2CCOCC2)cc1. The Hall–Kier alpha value is -3.14. The summed E-state index contributed by atoms with van der Waals surface area (Å²) in [6, 6.07) is 13.5. The van der Waals surface area contributed by atoms with E-state index in [-0.39, 0.29) is 10.8 Å². The van der Waals surface area contributed by atoms with Crippen LogP contribution in [0.5, 0.6) is 0 Å². The highest BCUT2D eigenvalue weighted by atomic mass is 32.2. The minimum Gasteiger partial charge on any atom is -0.379 e. The van der Waals surface area contributed by atoms with Crippen LogP contribution >= 0.6 is 0 Å². The van der Waals surface area contributed by atoms with Crippen molar-refractivity contribution in [1.82, 2.24) is 19.6 Å². The number of carbonyl (C=O) groups excluding carboxylic acids is 1. The summed E-state index contributed by atoms with van der Waals surface area (Å²) in [5.41, 5.74) is 3.04. The molecule has 8 nitrogen and oxygen atoms in total. The smallest absolute Gasteiger partial charge is 0.251 e. The average Bonchev–Trinajstić information content (AvgIpc) is 2.84. The second kappa shape index (κ2) is 9.34. The Morgan fingerprint density at radius 2 is 1.71 bits per heavy atom. The zero-order valence-corrected chi connectivity index (χ0v) is 17.6. The normalized spacial score (nSPS) is 14.8. The van der Waals surface area contributed by atoms with E-state index in [4.69, 9.17) is 4.74 Å². The minimum atomic E-state index is -3.58. The van der Waals surface area contributed by atoms with Crippen LogP contribution in [0.3, 0.4) is 0 Å². The van der Waals surface area contributed by atoms with Gasteiger partial charge in [-0.1, -0.05) is 0 Å². The summed E-state index contributed by atoms with van der Waals surface area (Å²) in [7, 11) is -3.58. The van der Waals surface area contributed by atoms with Crippen molar-refractivity contribution in [2.75, 3.05) is 26.3 Å². The third-order valence-electron chi connectivity index (χ3n) is 4.98. The van der Waals surface area contributed by atoms with Gasteiger partial charge < -0.3 is 10.1 Å². The number of ether oxygens (including phenoxy) is 1. The summed E-state index contributed by atoms with van der Waals surface area (Å²) < 4.78 is 32.0. The Balaban J connectivity index is 1.40. The first-order chi connectivity index (χ1) is 15.0. The number of amides is 1. The Morgan fingerprint density at radius 3 is 2.42 bits per heavy atom. The molecule has 1 saturated heterocycles. The van der Waals surface area contributed by atoms with Crippen LogP contribution < -0.4 is 5.32 Å². The predicted octanol–water partition coefficient (Wildman–Crippen LogP) is 2.09. The molecule has 31 heavy (non-hydrogen) atoms. The van der Waals surface area contributed by atoms with Gasteiger partial charge in [0, 0.05) is 49.4 Å². The average molecular weight is 439 g/mol. The van der Waals surface area contributed by atoms with Crippen molar-refractivity contribution in [3.8, 4) is 11.3 Å². The maximum atomic E-state index is 12.7. The van der Waals surface area contributed by atoms with E-state index < -0.39 is 10.0 Å². The van der Waals surface area contributed by atoms with Gasteiger partial charge in [0.05, 0.1) is 23.8 Å². The molecular weight excluding hydrogens is 416 g/mol. The van der Waals surface area contributed by atoms with Gasteiger partial charge in [-0.15, -0.1) is 0 Å². The molecular formula is C22H22N4O4S. The molecule has 1 N–H and O–H groups in total. The number of hydrogen-bond donors (Lipinski definition) is 1. The lowest BCUT2D eigenvalue weighted by Gasteiger charge is -2.26. The van der Waals surface area contributed by atoms with E-state index in [9.17, 15) is 13.2 Å². The van der Waals surface area contributed by atoms with E-state index in [1.807, 2.05) is 24.3 Å². The van der Waals surface area contributed by atoms with Crippen molar-refractivity contribution in [3.05, 3.63) is 78.2 Å². The molecule has 3 aromatic rings. The number of aromatic nitrogens is 2. The highest BCUT2D eigenvalue weighted by molar-refractivity contribution is 7.89. The molecule has 1 aromatic carbocycles. The molecule has 0 bridgehead atoms. The van der Waals surface area contributed by atoms with Crippen LogP contribution in [0.4, 0.5) is 0 Å². The van der Waals surface area contributed by atoms with Gasteiger partial charge in [-0.25, -0.2) is 8.42 Å². The second-order valence-corrected chi connectivity index (χ2v) is 8.95. The van der Waals surface area contributed by atoms with E-state index in [1.54, 1.807) is 18.6 Å².